The van der Waals surface area contributed by atoms with E-state index in [0.29, 0.717) is 11.3 Å². The first-order valence-corrected chi connectivity index (χ1v) is 6.15. The lowest BCUT2D eigenvalue weighted by atomic mass is 10.2. The molecule has 1 aromatic carbocycles. The van der Waals surface area contributed by atoms with Gasteiger partial charge in [-0.3, -0.25) is 0 Å². The highest BCUT2D eigenvalue weighted by molar-refractivity contribution is 7.80. The molecule has 0 spiro atoms. The molecule has 0 amide bonds. The molecule has 7 heteroatoms. The fourth-order valence-electron chi connectivity index (χ4n) is 1.70. The SMILES string of the molecule is Cc1nn(C)c(Oc2cccc(Cl)c2F)c1C(N)=S. The Morgan fingerprint density at radius 1 is 1.53 bits per heavy atom. The van der Waals surface area contributed by atoms with E-state index in [9.17, 15) is 4.39 Å². The summed E-state index contributed by atoms with van der Waals surface area (Å²) >= 11 is 10.6. The number of hydrogen-bond donors (Lipinski definition) is 1. The van der Waals surface area contributed by atoms with Crippen LogP contribution in [0.1, 0.15) is 11.3 Å². The number of halogens is 2. The van der Waals surface area contributed by atoms with Crippen molar-refractivity contribution in [3.63, 3.8) is 0 Å². The molecule has 2 rings (SSSR count). The fourth-order valence-corrected chi connectivity index (χ4v) is 2.11. The van der Waals surface area contributed by atoms with Gasteiger partial charge in [0.1, 0.15) is 4.99 Å². The van der Waals surface area contributed by atoms with Gasteiger partial charge in [-0.15, -0.1) is 0 Å². The van der Waals surface area contributed by atoms with Crippen LogP contribution in [-0.2, 0) is 7.05 Å². The molecule has 0 radical (unpaired) electrons. The topological polar surface area (TPSA) is 53.1 Å². The summed E-state index contributed by atoms with van der Waals surface area (Å²) in [6.07, 6.45) is 0. The van der Waals surface area contributed by atoms with E-state index in [-0.39, 0.29) is 21.6 Å². The minimum atomic E-state index is -0.642. The summed E-state index contributed by atoms with van der Waals surface area (Å²) in [5.74, 6) is -0.365. The van der Waals surface area contributed by atoms with E-state index in [4.69, 9.17) is 34.3 Å². The highest BCUT2D eigenvalue weighted by Gasteiger charge is 2.19. The van der Waals surface area contributed by atoms with Crippen LogP contribution in [0.4, 0.5) is 4.39 Å². The number of thiocarbonyl (C=S) groups is 1. The smallest absolute Gasteiger partial charge is 0.228 e. The van der Waals surface area contributed by atoms with Crippen molar-refractivity contribution in [3.05, 3.63) is 40.3 Å². The van der Waals surface area contributed by atoms with Crippen LogP contribution in [0, 0.1) is 12.7 Å². The molecule has 2 aromatic rings. The quantitative estimate of drug-likeness (QED) is 0.885. The van der Waals surface area contributed by atoms with E-state index >= 15 is 0 Å². The summed E-state index contributed by atoms with van der Waals surface area (Å²) in [6, 6.07) is 4.49. The van der Waals surface area contributed by atoms with Crippen LogP contribution in [0.15, 0.2) is 18.2 Å². The van der Waals surface area contributed by atoms with Crippen LogP contribution < -0.4 is 10.5 Å². The van der Waals surface area contributed by atoms with E-state index < -0.39 is 5.82 Å². The molecule has 0 fully saturated rings. The van der Waals surface area contributed by atoms with Gasteiger partial charge in [0.25, 0.3) is 0 Å². The Bertz CT molecular complexity index is 657. The highest BCUT2D eigenvalue weighted by atomic mass is 35.5. The van der Waals surface area contributed by atoms with Crippen LogP contribution in [0.3, 0.4) is 0 Å². The average Bonchev–Trinajstić information content (AvgIpc) is 2.60. The number of aromatic nitrogens is 2. The molecule has 19 heavy (non-hydrogen) atoms. The maximum Gasteiger partial charge on any atom is 0.228 e. The van der Waals surface area contributed by atoms with Crippen molar-refractivity contribution in [3.8, 4) is 11.6 Å². The molecule has 1 heterocycles. The largest absolute Gasteiger partial charge is 0.435 e. The predicted molar refractivity (Wildman–Crippen MR) is 75.3 cm³/mol. The second-order valence-electron chi connectivity index (χ2n) is 3.91. The van der Waals surface area contributed by atoms with E-state index in [1.54, 1.807) is 20.0 Å². The lowest BCUT2D eigenvalue weighted by molar-refractivity contribution is 0.403. The second kappa shape index (κ2) is 5.14. The Hall–Kier alpha value is -1.66. The zero-order valence-electron chi connectivity index (χ0n) is 10.3. The molecule has 0 aliphatic heterocycles. The summed E-state index contributed by atoms with van der Waals surface area (Å²) in [5.41, 5.74) is 6.73. The van der Waals surface area contributed by atoms with Crippen molar-refractivity contribution in [1.82, 2.24) is 9.78 Å². The van der Waals surface area contributed by atoms with Crippen molar-refractivity contribution in [2.45, 2.75) is 6.92 Å². The maximum absolute atomic E-state index is 13.8. The van der Waals surface area contributed by atoms with Gasteiger partial charge in [-0.05, 0) is 19.1 Å². The fraction of sp³-hybridized carbons (Fsp3) is 0.167. The summed E-state index contributed by atoms with van der Waals surface area (Å²) < 4.78 is 20.8. The van der Waals surface area contributed by atoms with Crippen molar-refractivity contribution >= 4 is 28.8 Å². The molecule has 0 aliphatic carbocycles. The number of aryl methyl sites for hydroxylation is 2. The Balaban J connectivity index is 2.49. The molecule has 0 saturated heterocycles. The summed E-state index contributed by atoms with van der Waals surface area (Å²) in [5, 5.41) is 4.13. The Kier molecular flexibility index (Phi) is 3.73. The van der Waals surface area contributed by atoms with Gasteiger partial charge >= 0.3 is 0 Å². The lowest BCUT2D eigenvalue weighted by Gasteiger charge is -2.09. The lowest BCUT2D eigenvalue weighted by Crippen LogP contribution is -2.11. The first-order valence-electron chi connectivity index (χ1n) is 5.37. The zero-order valence-corrected chi connectivity index (χ0v) is 11.8. The van der Waals surface area contributed by atoms with E-state index in [0.717, 1.165) is 0 Å². The van der Waals surface area contributed by atoms with Gasteiger partial charge in [0.05, 0.1) is 16.3 Å². The third-order valence-corrected chi connectivity index (χ3v) is 3.03. The summed E-state index contributed by atoms with van der Waals surface area (Å²) in [6.45, 7) is 1.75. The van der Waals surface area contributed by atoms with Gasteiger partial charge in [-0.2, -0.15) is 5.10 Å². The normalized spacial score (nSPS) is 10.5. The van der Waals surface area contributed by atoms with Gasteiger partial charge in [0.15, 0.2) is 11.6 Å². The maximum atomic E-state index is 13.8. The number of benzene rings is 1. The molecular formula is C12H11ClFN3OS. The van der Waals surface area contributed by atoms with Gasteiger partial charge in [-0.1, -0.05) is 29.9 Å². The summed E-state index contributed by atoms with van der Waals surface area (Å²) in [7, 11) is 1.66. The first-order chi connectivity index (χ1) is 8.91. The van der Waals surface area contributed by atoms with Crippen molar-refractivity contribution in [1.29, 1.82) is 0 Å². The minimum Gasteiger partial charge on any atom is -0.435 e. The minimum absolute atomic E-state index is 0.00648. The Labute approximate surface area is 119 Å². The molecule has 0 saturated carbocycles. The molecule has 100 valence electrons. The summed E-state index contributed by atoms with van der Waals surface area (Å²) in [4.78, 5) is 0.142. The molecule has 0 unspecified atom stereocenters. The van der Waals surface area contributed by atoms with Crippen LogP contribution >= 0.6 is 23.8 Å². The van der Waals surface area contributed by atoms with E-state index in [1.807, 2.05) is 0 Å². The monoisotopic (exact) mass is 299 g/mol. The third-order valence-electron chi connectivity index (χ3n) is 2.54. The third kappa shape index (κ3) is 2.54. The molecule has 4 nitrogen and oxygen atoms in total. The van der Waals surface area contributed by atoms with Gasteiger partial charge in [0.2, 0.25) is 5.88 Å². The van der Waals surface area contributed by atoms with Gasteiger partial charge in [-0.25, -0.2) is 9.07 Å². The van der Waals surface area contributed by atoms with E-state index in [1.165, 1.54) is 16.8 Å². The van der Waals surface area contributed by atoms with Crippen LogP contribution in [0.5, 0.6) is 11.6 Å². The highest BCUT2D eigenvalue weighted by Crippen LogP contribution is 2.31. The van der Waals surface area contributed by atoms with E-state index in [2.05, 4.69) is 5.10 Å². The van der Waals surface area contributed by atoms with Crippen molar-refractivity contribution in [2.24, 2.45) is 12.8 Å². The van der Waals surface area contributed by atoms with Gasteiger partial charge in [0, 0.05) is 7.05 Å². The number of hydrogen-bond acceptors (Lipinski definition) is 3. The molecule has 1 aromatic heterocycles. The predicted octanol–water partition coefficient (Wildman–Crippen LogP) is 2.95. The number of nitrogens with two attached hydrogens (primary N) is 1. The first kappa shape index (κ1) is 13.8. The molecule has 0 atom stereocenters. The van der Waals surface area contributed by atoms with Gasteiger partial charge < -0.3 is 10.5 Å². The molecule has 2 N–H and O–H groups in total. The number of rotatable bonds is 3. The Morgan fingerprint density at radius 2 is 2.21 bits per heavy atom. The number of ether oxygens (including phenoxy) is 1. The van der Waals surface area contributed by atoms with Crippen molar-refractivity contribution in [2.75, 3.05) is 0 Å². The Morgan fingerprint density at radius 3 is 2.84 bits per heavy atom. The molecular weight excluding hydrogens is 289 g/mol. The zero-order chi connectivity index (χ0) is 14.2. The van der Waals surface area contributed by atoms with Crippen molar-refractivity contribution < 1.29 is 9.13 Å². The van der Waals surface area contributed by atoms with Crippen LogP contribution in [0.25, 0.3) is 0 Å². The molecule has 0 aliphatic rings. The average molecular weight is 300 g/mol. The second-order valence-corrected chi connectivity index (χ2v) is 4.75. The standard InChI is InChI=1S/C12H11ClFN3OS/c1-6-9(11(15)19)12(17(2)16-6)18-8-5-3-4-7(13)10(8)14/h3-5H,1-2H3,(H2,15,19). The molecule has 0 bridgehead atoms. The van der Waals surface area contributed by atoms with Crippen LogP contribution in [-0.4, -0.2) is 14.8 Å². The van der Waals surface area contributed by atoms with Crippen LogP contribution in [0.2, 0.25) is 5.02 Å². The number of nitrogens with zero attached hydrogens (tertiary/aromatic N) is 2.